The first-order chi connectivity index (χ1) is 3.88. The predicted octanol–water partition coefficient (Wildman–Crippen LogP) is 2.05. The second-order valence-corrected chi connectivity index (χ2v) is 3.93. The standard InChI is InChI=1S/C8H12/c1-2-5-6-3-8(6)4-7(5)8/h5-7H,2-4H2,1H3. The number of hydrogen-bond acceptors (Lipinski definition) is 0. The van der Waals surface area contributed by atoms with Crippen molar-refractivity contribution in [1.82, 2.24) is 0 Å². The Balaban J connectivity index is 1.90. The molecule has 0 N–H and O–H groups in total. The minimum Gasteiger partial charge on any atom is -0.0651 e. The highest BCUT2D eigenvalue weighted by atomic mass is 14.9. The molecule has 0 amide bonds. The Hall–Kier alpha value is 0. The quantitative estimate of drug-likeness (QED) is 0.482. The normalized spacial score (nSPS) is 72.4. The number of hydrogen-bond donors (Lipinski definition) is 0. The average Bonchev–Trinajstić information content (AvgIpc) is 2.60. The van der Waals surface area contributed by atoms with E-state index in [1.165, 1.54) is 24.2 Å². The van der Waals surface area contributed by atoms with E-state index < -0.39 is 0 Å². The van der Waals surface area contributed by atoms with E-state index in [4.69, 9.17) is 0 Å². The largest absolute Gasteiger partial charge is 0.0651 e. The fourth-order valence-corrected chi connectivity index (χ4v) is 3.25. The van der Waals surface area contributed by atoms with Gasteiger partial charge < -0.3 is 0 Å². The Kier molecular flexibility index (Phi) is 0.381. The zero-order valence-corrected chi connectivity index (χ0v) is 5.35. The van der Waals surface area contributed by atoms with E-state index in [1.807, 2.05) is 0 Å². The molecule has 0 aliphatic heterocycles. The Morgan fingerprint density at radius 2 is 2.00 bits per heavy atom. The zero-order chi connectivity index (χ0) is 5.35. The van der Waals surface area contributed by atoms with Crippen LogP contribution < -0.4 is 0 Å². The van der Waals surface area contributed by atoms with Crippen molar-refractivity contribution >= 4 is 0 Å². The average molecular weight is 108 g/mol. The lowest BCUT2D eigenvalue weighted by Gasteiger charge is -2.21. The van der Waals surface area contributed by atoms with Crippen LogP contribution in [0.3, 0.4) is 0 Å². The summed E-state index contributed by atoms with van der Waals surface area (Å²) in [5.41, 5.74) is 1.03. The van der Waals surface area contributed by atoms with Crippen LogP contribution in [0.15, 0.2) is 0 Å². The molecular formula is C8H12. The summed E-state index contributed by atoms with van der Waals surface area (Å²) in [6.45, 7) is 2.35. The minimum absolute atomic E-state index is 1.03. The fraction of sp³-hybridized carbons (Fsp3) is 1.00. The molecule has 0 bridgehead atoms. The maximum absolute atomic E-state index is 2.35. The van der Waals surface area contributed by atoms with Crippen LogP contribution in [0.5, 0.6) is 0 Å². The molecule has 0 saturated heterocycles. The molecule has 3 rings (SSSR count). The summed E-state index contributed by atoms with van der Waals surface area (Å²) in [6, 6.07) is 0. The highest BCUT2D eigenvalue weighted by Crippen LogP contribution is 2.89. The van der Waals surface area contributed by atoms with E-state index in [0.29, 0.717) is 0 Å². The lowest BCUT2D eigenvalue weighted by molar-refractivity contribution is 0.266. The van der Waals surface area contributed by atoms with Gasteiger partial charge in [0.05, 0.1) is 0 Å². The van der Waals surface area contributed by atoms with Crippen LogP contribution in [0.2, 0.25) is 0 Å². The highest BCUT2D eigenvalue weighted by Gasteiger charge is 2.83. The molecule has 0 radical (unpaired) electrons. The van der Waals surface area contributed by atoms with Crippen LogP contribution in [0.4, 0.5) is 0 Å². The van der Waals surface area contributed by atoms with Gasteiger partial charge in [-0.15, -0.1) is 0 Å². The van der Waals surface area contributed by atoms with Crippen molar-refractivity contribution in [3.63, 3.8) is 0 Å². The molecule has 0 nitrogen and oxygen atoms in total. The van der Waals surface area contributed by atoms with Gasteiger partial charge in [0.2, 0.25) is 0 Å². The third-order valence-corrected chi connectivity index (χ3v) is 3.86. The highest BCUT2D eigenvalue weighted by molar-refractivity contribution is 5.31. The van der Waals surface area contributed by atoms with Crippen LogP contribution in [-0.2, 0) is 0 Å². The first-order valence-electron chi connectivity index (χ1n) is 3.88. The lowest BCUT2D eigenvalue weighted by atomic mass is 9.83. The van der Waals surface area contributed by atoms with E-state index in [9.17, 15) is 0 Å². The molecule has 0 heteroatoms. The maximum atomic E-state index is 2.35. The summed E-state index contributed by atoms with van der Waals surface area (Å²) in [7, 11) is 0. The molecule has 2 atom stereocenters. The van der Waals surface area contributed by atoms with Gasteiger partial charge in [-0.3, -0.25) is 0 Å². The van der Waals surface area contributed by atoms with Crippen molar-refractivity contribution in [1.29, 1.82) is 0 Å². The molecule has 2 unspecified atom stereocenters. The van der Waals surface area contributed by atoms with E-state index in [2.05, 4.69) is 6.92 Å². The molecule has 44 valence electrons. The summed E-state index contributed by atoms with van der Waals surface area (Å²) in [5.74, 6) is 3.66. The first-order valence-corrected chi connectivity index (χ1v) is 3.88. The molecule has 3 saturated carbocycles. The summed E-state index contributed by atoms with van der Waals surface area (Å²) in [5, 5.41) is 0. The third-order valence-electron chi connectivity index (χ3n) is 3.86. The maximum Gasteiger partial charge on any atom is -0.0229 e. The Bertz CT molecular complexity index is 132. The van der Waals surface area contributed by atoms with Crippen molar-refractivity contribution in [2.24, 2.45) is 23.2 Å². The molecule has 0 aromatic carbocycles. The topological polar surface area (TPSA) is 0 Å². The first kappa shape index (κ1) is 3.92. The van der Waals surface area contributed by atoms with Crippen LogP contribution in [0.25, 0.3) is 0 Å². The van der Waals surface area contributed by atoms with Gasteiger partial charge in [-0.05, 0) is 36.0 Å². The second-order valence-electron chi connectivity index (χ2n) is 3.93. The van der Waals surface area contributed by atoms with E-state index in [0.717, 1.165) is 5.41 Å². The van der Waals surface area contributed by atoms with Crippen LogP contribution >= 0.6 is 0 Å². The Morgan fingerprint density at radius 1 is 1.38 bits per heavy atom. The lowest BCUT2D eigenvalue weighted by Crippen LogP contribution is -2.16. The summed E-state index contributed by atoms with van der Waals surface area (Å²) >= 11 is 0. The van der Waals surface area contributed by atoms with Gasteiger partial charge in [-0.2, -0.15) is 0 Å². The van der Waals surface area contributed by atoms with Crippen molar-refractivity contribution in [2.75, 3.05) is 0 Å². The smallest absolute Gasteiger partial charge is 0.0229 e. The molecule has 3 fully saturated rings. The fourth-order valence-electron chi connectivity index (χ4n) is 3.25. The summed E-state index contributed by atoms with van der Waals surface area (Å²) in [6.07, 6.45) is 4.71. The molecule has 1 spiro atoms. The summed E-state index contributed by atoms with van der Waals surface area (Å²) < 4.78 is 0. The van der Waals surface area contributed by atoms with E-state index >= 15 is 0 Å². The van der Waals surface area contributed by atoms with Gasteiger partial charge in [0.25, 0.3) is 0 Å². The third kappa shape index (κ3) is 0.191. The summed E-state index contributed by atoms with van der Waals surface area (Å²) in [4.78, 5) is 0. The monoisotopic (exact) mass is 108 g/mol. The van der Waals surface area contributed by atoms with Crippen molar-refractivity contribution in [2.45, 2.75) is 26.2 Å². The van der Waals surface area contributed by atoms with Crippen LogP contribution in [0, 0.1) is 23.2 Å². The van der Waals surface area contributed by atoms with Crippen LogP contribution in [0.1, 0.15) is 26.2 Å². The number of rotatable bonds is 1. The minimum atomic E-state index is 1.03. The van der Waals surface area contributed by atoms with Gasteiger partial charge in [-0.1, -0.05) is 13.3 Å². The predicted molar refractivity (Wildman–Crippen MR) is 32.4 cm³/mol. The van der Waals surface area contributed by atoms with Gasteiger partial charge in [-0.25, -0.2) is 0 Å². The van der Waals surface area contributed by atoms with Gasteiger partial charge in [0, 0.05) is 0 Å². The SMILES string of the molecule is CCC1C2CC23CC13. The molecule has 0 heterocycles. The molecule has 3 aliphatic rings. The van der Waals surface area contributed by atoms with Crippen molar-refractivity contribution in [3.05, 3.63) is 0 Å². The van der Waals surface area contributed by atoms with Crippen molar-refractivity contribution < 1.29 is 0 Å². The van der Waals surface area contributed by atoms with Gasteiger partial charge in [0.15, 0.2) is 0 Å². The molecule has 0 aromatic rings. The van der Waals surface area contributed by atoms with Gasteiger partial charge in [0.1, 0.15) is 0 Å². The molecule has 0 aromatic heterocycles. The zero-order valence-electron chi connectivity index (χ0n) is 5.35. The van der Waals surface area contributed by atoms with Crippen molar-refractivity contribution in [3.8, 4) is 0 Å². The Labute approximate surface area is 50.3 Å². The molecular weight excluding hydrogens is 96.1 g/mol. The van der Waals surface area contributed by atoms with E-state index in [-0.39, 0.29) is 0 Å². The Morgan fingerprint density at radius 3 is 2.25 bits per heavy atom. The van der Waals surface area contributed by atoms with Gasteiger partial charge >= 0.3 is 0 Å². The second kappa shape index (κ2) is 0.778. The van der Waals surface area contributed by atoms with E-state index in [1.54, 1.807) is 12.8 Å². The molecule has 3 aliphatic carbocycles. The van der Waals surface area contributed by atoms with Crippen LogP contribution in [-0.4, -0.2) is 0 Å². The molecule has 8 heavy (non-hydrogen) atoms.